The summed E-state index contributed by atoms with van der Waals surface area (Å²) in [6, 6.07) is 4.17. The molecule has 1 saturated carbocycles. The standard InChI is InChI=1S/C19H28BrClN2O2/c1-2-23(16-7-5-3-4-6-8-16)13-15-11-14(12-17(20)18(15)22)19(24)25-10-9-21/h11-12,16H,2-10,13,22H2,1H3. The highest BCUT2D eigenvalue weighted by atomic mass is 79.9. The summed E-state index contributed by atoms with van der Waals surface area (Å²) in [7, 11) is 0. The van der Waals surface area contributed by atoms with Gasteiger partial charge in [-0.25, -0.2) is 4.79 Å². The van der Waals surface area contributed by atoms with Gasteiger partial charge in [0, 0.05) is 17.1 Å². The number of rotatable bonds is 7. The van der Waals surface area contributed by atoms with Gasteiger partial charge in [0.2, 0.25) is 0 Å². The zero-order valence-electron chi connectivity index (χ0n) is 14.9. The minimum Gasteiger partial charge on any atom is -0.461 e. The van der Waals surface area contributed by atoms with Crippen molar-refractivity contribution in [1.29, 1.82) is 0 Å². The predicted molar refractivity (Wildman–Crippen MR) is 107 cm³/mol. The van der Waals surface area contributed by atoms with Crippen molar-refractivity contribution >= 4 is 39.2 Å². The fourth-order valence-electron chi connectivity index (χ4n) is 3.48. The number of hydrogen-bond acceptors (Lipinski definition) is 4. The maximum atomic E-state index is 12.2. The van der Waals surface area contributed by atoms with Crippen LogP contribution in [0, 0.1) is 0 Å². The van der Waals surface area contributed by atoms with Gasteiger partial charge >= 0.3 is 5.97 Å². The Morgan fingerprint density at radius 3 is 2.60 bits per heavy atom. The lowest BCUT2D eigenvalue weighted by Gasteiger charge is -2.30. The Hall–Kier alpha value is -0.780. The highest BCUT2D eigenvalue weighted by Crippen LogP contribution is 2.29. The largest absolute Gasteiger partial charge is 0.461 e. The smallest absolute Gasteiger partial charge is 0.338 e. The first-order valence-corrected chi connectivity index (χ1v) is 10.4. The summed E-state index contributed by atoms with van der Waals surface area (Å²) in [5, 5.41) is 0. The molecule has 0 unspecified atom stereocenters. The molecule has 2 rings (SSSR count). The molecule has 0 amide bonds. The van der Waals surface area contributed by atoms with Crippen molar-refractivity contribution in [1.82, 2.24) is 4.90 Å². The lowest BCUT2D eigenvalue weighted by atomic mass is 10.0. The van der Waals surface area contributed by atoms with Gasteiger partial charge in [-0.15, -0.1) is 11.6 Å². The second kappa shape index (κ2) is 10.4. The average molecular weight is 432 g/mol. The summed E-state index contributed by atoms with van der Waals surface area (Å²) >= 11 is 9.07. The van der Waals surface area contributed by atoms with E-state index in [0.717, 1.165) is 23.1 Å². The molecule has 1 aliphatic carbocycles. The Morgan fingerprint density at radius 1 is 1.32 bits per heavy atom. The number of halogens is 2. The molecule has 6 heteroatoms. The molecular formula is C19H28BrClN2O2. The van der Waals surface area contributed by atoms with Crippen LogP contribution in [0.2, 0.25) is 0 Å². The Bertz CT molecular complexity index is 575. The van der Waals surface area contributed by atoms with Crippen LogP contribution in [-0.4, -0.2) is 35.9 Å². The third-order valence-electron chi connectivity index (χ3n) is 4.88. The van der Waals surface area contributed by atoms with Crippen LogP contribution < -0.4 is 5.73 Å². The van der Waals surface area contributed by atoms with Crippen molar-refractivity contribution in [3.8, 4) is 0 Å². The van der Waals surface area contributed by atoms with E-state index in [4.69, 9.17) is 22.1 Å². The molecule has 0 aliphatic heterocycles. The van der Waals surface area contributed by atoms with Crippen LogP contribution in [0.1, 0.15) is 61.4 Å². The second-order valence-electron chi connectivity index (χ2n) is 6.56. The molecule has 0 saturated heterocycles. The SMILES string of the molecule is CCN(Cc1cc(C(=O)OCCCl)cc(Br)c1N)C1CCCCCC1. The molecule has 1 aromatic rings. The van der Waals surface area contributed by atoms with Crippen LogP contribution in [0.15, 0.2) is 16.6 Å². The van der Waals surface area contributed by atoms with E-state index < -0.39 is 0 Å². The summed E-state index contributed by atoms with van der Waals surface area (Å²) in [6.07, 6.45) is 7.75. The third kappa shape index (κ3) is 5.87. The van der Waals surface area contributed by atoms with Gasteiger partial charge in [-0.1, -0.05) is 32.6 Å². The van der Waals surface area contributed by atoms with E-state index in [0.29, 0.717) is 23.2 Å². The molecular weight excluding hydrogens is 404 g/mol. The van der Waals surface area contributed by atoms with Gasteiger partial charge in [-0.3, -0.25) is 4.90 Å². The van der Waals surface area contributed by atoms with Gasteiger partial charge in [0.1, 0.15) is 6.61 Å². The van der Waals surface area contributed by atoms with E-state index in [2.05, 4.69) is 27.8 Å². The van der Waals surface area contributed by atoms with E-state index in [-0.39, 0.29) is 12.6 Å². The minimum absolute atomic E-state index is 0.209. The van der Waals surface area contributed by atoms with Crippen LogP contribution in [0.3, 0.4) is 0 Å². The molecule has 1 aromatic carbocycles. The maximum Gasteiger partial charge on any atom is 0.338 e. The van der Waals surface area contributed by atoms with E-state index in [1.807, 2.05) is 6.07 Å². The van der Waals surface area contributed by atoms with Crippen molar-refractivity contribution in [2.45, 2.75) is 58.0 Å². The summed E-state index contributed by atoms with van der Waals surface area (Å²) < 4.78 is 5.88. The number of hydrogen-bond donors (Lipinski definition) is 1. The Kier molecular flexibility index (Phi) is 8.53. The molecule has 0 heterocycles. The van der Waals surface area contributed by atoms with Gasteiger partial charge < -0.3 is 10.5 Å². The molecule has 2 N–H and O–H groups in total. The van der Waals surface area contributed by atoms with Crippen LogP contribution in [0.25, 0.3) is 0 Å². The van der Waals surface area contributed by atoms with Gasteiger partial charge in [-0.05, 0) is 53.0 Å². The van der Waals surface area contributed by atoms with Crippen LogP contribution in [0.5, 0.6) is 0 Å². The molecule has 0 aromatic heterocycles. The molecule has 25 heavy (non-hydrogen) atoms. The molecule has 1 aliphatic rings. The van der Waals surface area contributed by atoms with Crippen molar-refractivity contribution in [2.75, 3.05) is 24.8 Å². The Morgan fingerprint density at radius 2 is 2.00 bits per heavy atom. The average Bonchev–Trinajstić information content (AvgIpc) is 2.90. The predicted octanol–water partition coefficient (Wildman–Crippen LogP) is 4.97. The topological polar surface area (TPSA) is 55.6 Å². The highest BCUT2D eigenvalue weighted by Gasteiger charge is 2.21. The summed E-state index contributed by atoms with van der Waals surface area (Å²) in [5.74, 6) is -0.0693. The van der Waals surface area contributed by atoms with Crippen LogP contribution in [-0.2, 0) is 11.3 Å². The summed E-state index contributed by atoms with van der Waals surface area (Å²) in [6.45, 7) is 4.13. The van der Waals surface area contributed by atoms with Gasteiger partial charge in [0.05, 0.1) is 17.1 Å². The van der Waals surface area contributed by atoms with Gasteiger partial charge in [0.15, 0.2) is 0 Å². The molecule has 1 fully saturated rings. The Balaban J connectivity index is 2.18. The third-order valence-corrected chi connectivity index (χ3v) is 5.69. The molecule has 0 bridgehead atoms. The minimum atomic E-state index is -0.361. The zero-order chi connectivity index (χ0) is 18.2. The number of carbonyl (C=O) groups excluding carboxylic acids is 1. The number of esters is 1. The zero-order valence-corrected chi connectivity index (χ0v) is 17.2. The van der Waals surface area contributed by atoms with Crippen LogP contribution in [0.4, 0.5) is 5.69 Å². The molecule has 140 valence electrons. The first kappa shape index (κ1) is 20.5. The summed E-state index contributed by atoms with van der Waals surface area (Å²) in [5.41, 5.74) is 8.45. The normalized spacial score (nSPS) is 16.0. The first-order chi connectivity index (χ1) is 12.1. The number of benzene rings is 1. The van der Waals surface area contributed by atoms with E-state index in [9.17, 15) is 4.79 Å². The van der Waals surface area contributed by atoms with Crippen LogP contribution >= 0.6 is 27.5 Å². The molecule has 0 spiro atoms. The quantitative estimate of drug-likeness (QED) is 0.286. The molecule has 0 atom stereocenters. The van der Waals surface area contributed by atoms with Crippen molar-refractivity contribution < 1.29 is 9.53 Å². The maximum absolute atomic E-state index is 12.2. The van der Waals surface area contributed by atoms with Crippen molar-refractivity contribution in [3.05, 3.63) is 27.7 Å². The first-order valence-electron chi connectivity index (χ1n) is 9.11. The number of nitrogen functional groups attached to an aromatic ring is 1. The fourth-order valence-corrected chi connectivity index (χ4v) is 4.06. The lowest BCUT2D eigenvalue weighted by molar-refractivity contribution is 0.0529. The molecule has 4 nitrogen and oxygen atoms in total. The van der Waals surface area contributed by atoms with E-state index >= 15 is 0 Å². The lowest BCUT2D eigenvalue weighted by Crippen LogP contribution is -2.34. The Labute approximate surface area is 164 Å². The highest BCUT2D eigenvalue weighted by molar-refractivity contribution is 9.10. The molecule has 0 radical (unpaired) electrons. The van der Waals surface area contributed by atoms with Gasteiger partial charge in [-0.2, -0.15) is 0 Å². The number of anilines is 1. The second-order valence-corrected chi connectivity index (χ2v) is 7.80. The van der Waals surface area contributed by atoms with E-state index in [1.165, 1.54) is 38.5 Å². The fraction of sp³-hybridized carbons (Fsp3) is 0.632. The number of alkyl halides is 1. The summed E-state index contributed by atoms with van der Waals surface area (Å²) in [4.78, 5) is 14.6. The number of ether oxygens (including phenoxy) is 1. The number of carbonyl (C=O) groups is 1. The van der Waals surface area contributed by atoms with E-state index in [1.54, 1.807) is 6.07 Å². The van der Waals surface area contributed by atoms with Gasteiger partial charge in [0.25, 0.3) is 0 Å². The van der Waals surface area contributed by atoms with Crippen molar-refractivity contribution in [3.63, 3.8) is 0 Å². The number of nitrogens with two attached hydrogens (primary N) is 1. The monoisotopic (exact) mass is 430 g/mol. The number of nitrogens with zero attached hydrogens (tertiary/aromatic N) is 1. The van der Waals surface area contributed by atoms with Crippen molar-refractivity contribution in [2.24, 2.45) is 0 Å².